The Hall–Kier alpha value is -3.50. The SMILES string of the molecule is CCC(C(=O)NC(C)(C)C)N(Cc1ccc(OC)cc1)C(=O)CN(c1ccc(C)cc1)S(=O)(=O)c1ccc(SC)cc1. The lowest BCUT2D eigenvalue weighted by atomic mass is 10.1. The minimum atomic E-state index is -4.12. The highest BCUT2D eigenvalue weighted by Gasteiger charge is 2.34. The Kier molecular flexibility index (Phi) is 11.1. The number of benzene rings is 3. The van der Waals surface area contributed by atoms with Crippen LogP contribution in [0.3, 0.4) is 0 Å². The number of hydrogen-bond acceptors (Lipinski definition) is 6. The monoisotopic (exact) mass is 611 g/mol. The minimum Gasteiger partial charge on any atom is -0.497 e. The zero-order valence-corrected chi connectivity index (χ0v) is 27.0. The maximum atomic E-state index is 14.2. The highest BCUT2D eigenvalue weighted by atomic mass is 32.2. The van der Waals surface area contributed by atoms with Crippen molar-refractivity contribution >= 4 is 39.3 Å². The van der Waals surface area contributed by atoms with E-state index in [9.17, 15) is 18.0 Å². The Labute approximate surface area is 254 Å². The quantitative estimate of drug-likeness (QED) is 0.266. The van der Waals surface area contributed by atoms with Gasteiger partial charge in [0.15, 0.2) is 0 Å². The van der Waals surface area contributed by atoms with E-state index in [0.29, 0.717) is 17.9 Å². The Morgan fingerprint density at radius 1 is 0.952 bits per heavy atom. The third-order valence-corrected chi connectivity index (χ3v) is 9.18. The smallest absolute Gasteiger partial charge is 0.264 e. The highest BCUT2D eigenvalue weighted by Crippen LogP contribution is 2.27. The molecule has 0 aliphatic heterocycles. The number of aryl methyl sites for hydroxylation is 1. The van der Waals surface area contributed by atoms with Crippen LogP contribution in [-0.4, -0.2) is 56.6 Å². The molecule has 0 radical (unpaired) electrons. The van der Waals surface area contributed by atoms with Crippen molar-refractivity contribution in [2.45, 2.75) is 69.0 Å². The molecule has 0 fully saturated rings. The van der Waals surface area contributed by atoms with Crippen LogP contribution in [0.25, 0.3) is 0 Å². The van der Waals surface area contributed by atoms with Crippen LogP contribution in [0.2, 0.25) is 0 Å². The van der Waals surface area contributed by atoms with Crippen LogP contribution in [-0.2, 0) is 26.2 Å². The molecule has 8 nitrogen and oxygen atoms in total. The van der Waals surface area contributed by atoms with E-state index in [1.54, 1.807) is 67.8 Å². The molecule has 0 spiro atoms. The molecule has 10 heteroatoms. The average Bonchev–Trinajstić information content (AvgIpc) is 2.95. The predicted molar refractivity (Wildman–Crippen MR) is 169 cm³/mol. The molecule has 0 heterocycles. The molecule has 42 heavy (non-hydrogen) atoms. The molecular formula is C32H41N3O5S2. The van der Waals surface area contributed by atoms with Crippen LogP contribution >= 0.6 is 11.8 Å². The van der Waals surface area contributed by atoms with E-state index in [1.165, 1.54) is 16.7 Å². The molecule has 1 unspecified atom stereocenters. The second-order valence-corrected chi connectivity index (χ2v) is 13.8. The third kappa shape index (κ3) is 8.51. The van der Waals surface area contributed by atoms with Gasteiger partial charge in [-0.3, -0.25) is 13.9 Å². The predicted octanol–water partition coefficient (Wildman–Crippen LogP) is 5.64. The molecule has 0 aliphatic carbocycles. The zero-order chi connectivity index (χ0) is 31.1. The minimum absolute atomic E-state index is 0.0768. The van der Waals surface area contributed by atoms with E-state index in [1.807, 2.05) is 53.0 Å². The molecule has 0 saturated heterocycles. The topological polar surface area (TPSA) is 96.0 Å². The van der Waals surface area contributed by atoms with Gasteiger partial charge >= 0.3 is 0 Å². The Morgan fingerprint density at radius 3 is 2.05 bits per heavy atom. The number of nitrogens with one attached hydrogen (secondary N) is 1. The molecule has 3 aromatic carbocycles. The van der Waals surface area contributed by atoms with E-state index < -0.39 is 34.1 Å². The van der Waals surface area contributed by atoms with Gasteiger partial charge in [-0.05, 0) is 94.5 Å². The fourth-order valence-corrected chi connectivity index (χ4v) is 6.24. The number of carbonyl (C=O) groups is 2. The Bertz CT molecular complexity index is 1450. The van der Waals surface area contributed by atoms with Gasteiger partial charge in [-0.25, -0.2) is 8.42 Å². The number of rotatable bonds is 12. The summed E-state index contributed by atoms with van der Waals surface area (Å²) in [7, 11) is -2.55. The van der Waals surface area contributed by atoms with Gasteiger partial charge in [-0.1, -0.05) is 36.8 Å². The van der Waals surface area contributed by atoms with Crippen molar-refractivity contribution < 1.29 is 22.7 Å². The highest BCUT2D eigenvalue weighted by molar-refractivity contribution is 7.98. The summed E-state index contributed by atoms with van der Waals surface area (Å²) >= 11 is 1.51. The van der Waals surface area contributed by atoms with Crippen molar-refractivity contribution in [2.75, 3.05) is 24.2 Å². The molecular weight excluding hydrogens is 571 g/mol. The fourth-order valence-electron chi connectivity index (χ4n) is 4.41. The average molecular weight is 612 g/mol. The van der Waals surface area contributed by atoms with Crippen molar-refractivity contribution in [3.63, 3.8) is 0 Å². The first kappa shape index (κ1) is 33.0. The van der Waals surface area contributed by atoms with Gasteiger partial charge in [0.05, 0.1) is 17.7 Å². The summed E-state index contributed by atoms with van der Waals surface area (Å²) < 4.78 is 34.4. The lowest BCUT2D eigenvalue weighted by Gasteiger charge is -2.34. The van der Waals surface area contributed by atoms with Gasteiger partial charge in [0.25, 0.3) is 10.0 Å². The molecule has 1 N–H and O–H groups in total. The van der Waals surface area contributed by atoms with Gasteiger partial charge in [0.2, 0.25) is 11.8 Å². The largest absolute Gasteiger partial charge is 0.497 e. The number of amides is 2. The summed E-state index contributed by atoms with van der Waals surface area (Å²) in [4.78, 5) is 30.1. The molecule has 3 aromatic rings. The summed E-state index contributed by atoms with van der Waals surface area (Å²) in [5.41, 5.74) is 1.58. The van der Waals surface area contributed by atoms with Crippen molar-refractivity contribution in [3.8, 4) is 5.75 Å². The van der Waals surface area contributed by atoms with E-state index in [2.05, 4.69) is 5.32 Å². The van der Waals surface area contributed by atoms with Crippen LogP contribution in [0.1, 0.15) is 45.2 Å². The van der Waals surface area contributed by atoms with Crippen molar-refractivity contribution in [1.29, 1.82) is 0 Å². The third-order valence-electron chi connectivity index (χ3n) is 6.64. The summed E-state index contributed by atoms with van der Waals surface area (Å²) in [6.07, 6.45) is 2.26. The number of ether oxygens (including phenoxy) is 1. The first-order valence-corrected chi connectivity index (χ1v) is 16.4. The molecule has 226 valence electrons. The molecule has 2 amide bonds. The molecule has 3 rings (SSSR count). The Morgan fingerprint density at radius 2 is 1.55 bits per heavy atom. The summed E-state index contributed by atoms with van der Waals surface area (Å²) in [5, 5.41) is 2.98. The van der Waals surface area contributed by atoms with Gasteiger partial charge in [0.1, 0.15) is 18.3 Å². The molecule has 0 aromatic heterocycles. The number of hydrogen-bond donors (Lipinski definition) is 1. The van der Waals surface area contributed by atoms with Gasteiger partial charge in [-0.15, -0.1) is 11.8 Å². The van der Waals surface area contributed by atoms with Gasteiger partial charge < -0.3 is 15.0 Å². The van der Waals surface area contributed by atoms with Gasteiger partial charge in [-0.2, -0.15) is 0 Å². The Balaban J connectivity index is 2.06. The van der Waals surface area contributed by atoms with E-state index in [0.717, 1.165) is 20.3 Å². The zero-order valence-electron chi connectivity index (χ0n) is 25.4. The molecule has 1 atom stereocenters. The van der Waals surface area contributed by atoms with Crippen LogP contribution in [0.15, 0.2) is 82.6 Å². The number of sulfonamides is 1. The van der Waals surface area contributed by atoms with E-state index >= 15 is 0 Å². The molecule has 0 saturated carbocycles. The second kappa shape index (κ2) is 14.1. The van der Waals surface area contributed by atoms with Crippen molar-refractivity contribution in [1.82, 2.24) is 10.2 Å². The first-order valence-electron chi connectivity index (χ1n) is 13.8. The number of thioether (sulfide) groups is 1. The van der Waals surface area contributed by atoms with Crippen molar-refractivity contribution in [2.24, 2.45) is 0 Å². The fraction of sp³-hybridized carbons (Fsp3) is 0.375. The van der Waals surface area contributed by atoms with Crippen molar-refractivity contribution in [3.05, 3.63) is 83.9 Å². The van der Waals surface area contributed by atoms with E-state index in [-0.39, 0.29) is 17.3 Å². The molecule has 0 aliphatic rings. The first-order chi connectivity index (χ1) is 19.8. The lowest BCUT2D eigenvalue weighted by Crippen LogP contribution is -2.55. The summed E-state index contributed by atoms with van der Waals surface area (Å²) in [5.74, 6) is -0.130. The molecule has 0 bridgehead atoms. The number of carbonyl (C=O) groups excluding carboxylic acids is 2. The second-order valence-electron chi connectivity index (χ2n) is 11.1. The maximum absolute atomic E-state index is 14.2. The van der Waals surface area contributed by atoms with Crippen LogP contribution in [0, 0.1) is 6.92 Å². The van der Waals surface area contributed by atoms with Crippen LogP contribution in [0.5, 0.6) is 5.75 Å². The number of anilines is 1. The summed E-state index contributed by atoms with van der Waals surface area (Å²) in [6.45, 7) is 9.01. The normalized spacial score (nSPS) is 12.4. The van der Waals surface area contributed by atoms with Crippen LogP contribution in [0.4, 0.5) is 5.69 Å². The summed E-state index contributed by atoms with van der Waals surface area (Å²) in [6, 6.07) is 20.0. The number of nitrogens with zero attached hydrogens (tertiary/aromatic N) is 2. The van der Waals surface area contributed by atoms with E-state index in [4.69, 9.17) is 4.74 Å². The van der Waals surface area contributed by atoms with Gasteiger partial charge in [0, 0.05) is 17.0 Å². The van der Waals surface area contributed by atoms with Crippen LogP contribution < -0.4 is 14.4 Å². The number of methoxy groups -OCH3 is 1. The standard InChI is InChI=1S/C32H41N3O5S2/c1-8-29(31(37)33-32(3,4)5)34(21-24-11-15-26(40-6)16-12-24)30(36)22-35(25-13-9-23(2)10-14-25)42(38,39)28-19-17-27(41-7)18-20-28/h9-20,29H,8,21-22H2,1-7H3,(H,33,37). The maximum Gasteiger partial charge on any atom is 0.264 e. The lowest BCUT2D eigenvalue weighted by molar-refractivity contribution is -0.141.